The third kappa shape index (κ3) is 3.02. The average Bonchev–Trinajstić information content (AvgIpc) is 2.55. The smallest absolute Gasteiger partial charge is 0.162 e. The Bertz CT molecular complexity index is 826. The van der Waals surface area contributed by atoms with E-state index in [0.29, 0.717) is 6.61 Å². The summed E-state index contributed by atoms with van der Waals surface area (Å²) in [5.41, 5.74) is 5.63. The summed E-state index contributed by atoms with van der Waals surface area (Å²) in [5, 5.41) is 0. The van der Waals surface area contributed by atoms with Crippen molar-refractivity contribution in [2.45, 2.75) is 27.7 Å². The summed E-state index contributed by atoms with van der Waals surface area (Å²) in [6, 6.07) is 6.20. The van der Waals surface area contributed by atoms with E-state index in [1.54, 1.807) is 6.33 Å². The van der Waals surface area contributed by atoms with E-state index < -0.39 is 0 Å². The zero-order valence-electron chi connectivity index (χ0n) is 14.6. The minimum atomic E-state index is 0.613. The van der Waals surface area contributed by atoms with Crippen LogP contribution in [0.3, 0.4) is 0 Å². The Kier molecular flexibility index (Phi) is 4.34. The van der Waals surface area contributed by atoms with Crippen molar-refractivity contribution in [3.05, 3.63) is 47.9 Å². The van der Waals surface area contributed by atoms with Gasteiger partial charge in [-0.15, -0.1) is 0 Å². The summed E-state index contributed by atoms with van der Waals surface area (Å²) in [5.74, 6) is 1.68. The van der Waals surface area contributed by atoms with Crippen LogP contribution in [0.15, 0.2) is 41.7 Å². The van der Waals surface area contributed by atoms with Gasteiger partial charge in [-0.05, 0) is 51.0 Å². The van der Waals surface area contributed by atoms with Gasteiger partial charge in [0.2, 0.25) is 0 Å². The van der Waals surface area contributed by atoms with Crippen LogP contribution in [-0.2, 0) is 0 Å². The topological polar surface area (TPSA) is 50.6 Å². The molecule has 0 atom stereocenters. The van der Waals surface area contributed by atoms with Crippen LogP contribution < -0.4 is 9.64 Å². The van der Waals surface area contributed by atoms with Crippen molar-refractivity contribution >= 4 is 22.9 Å². The molecule has 5 nitrogen and oxygen atoms in total. The Morgan fingerprint density at radius 1 is 1.25 bits per heavy atom. The third-order valence-electron chi connectivity index (χ3n) is 4.12. The second-order valence-corrected chi connectivity index (χ2v) is 6.08. The predicted octanol–water partition coefficient (Wildman–Crippen LogP) is 4.29. The van der Waals surface area contributed by atoms with Crippen molar-refractivity contribution in [3.63, 3.8) is 0 Å². The molecule has 0 amide bonds. The summed E-state index contributed by atoms with van der Waals surface area (Å²) >= 11 is 0. The Labute approximate surface area is 142 Å². The Balaban J connectivity index is 2.14. The number of ether oxygens (including phenoxy) is 1. The first-order valence-corrected chi connectivity index (χ1v) is 8.01. The van der Waals surface area contributed by atoms with Crippen LogP contribution >= 0.6 is 0 Å². The van der Waals surface area contributed by atoms with E-state index in [1.165, 1.54) is 5.56 Å². The zero-order valence-corrected chi connectivity index (χ0v) is 14.6. The van der Waals surface area contributed by atoms with Gasteiger partial charge < -0.3 is 9.64 Å². The van der Waals surface area contributed by atoms with E-state index in [2.05, 4.69) is 46.6 Å². The SMILES string of the molecule is C=C(C)/C(C)=N/c1c(C)ncnc1N1CCOc2cc(C)ccc21. The molecule has 2 heterocycles. The fourth-order valence-electron chi connectivity index (χ4n) is 2.59. The van der Waals surface area contributed by atoms with Gasteiger partial charge in [-0.25, -0.2) is 15.0 Å². The van der Waals surface area contributed by atoms with Crippen LogP contribution in [0.25, 0.3) is 0 Å². The van der Waals surface area contributed by atoms with E-state index in [1.807, 2.05) is 20.8 Å². The molecule has 0 fully saturated rings. The van der Waals surface area contributed by atoms with Gasteiger partial charge in [0.05, 0.1) is 17.9 Å². The summed E-state index contributed by atoms with van der Waals surface area (Å²) < 4.78 is 5.81. The normalized spacial score (nSPS) is 14.2. The largest absolute Gasteiger partial charge is 0.490 e. The molecule has 0 bridgehead atoms. The Morgan fingerprint density at radius 3 is 2.79 bits per heavy atom. The van der Waals surface area contributed by atoms with Crippen LogP contribution in [0.1, 0.15) is 25.1 Å². The molecule has 1 aromatic carbocycles. The molecule has 124 valence electrons. The van der Waals surface area contributed by atoms with Gasteiger partial charge in [-0.1, -0.05) is 12.6 Å². The molecule has 1 aliphatic heterocycles. The fraction of sp³-hybridized carbons (Fsp3) is 0.316. The highest BCUT2D eigenvalue weighted by atomic mass is 16.5. The minimum Gasteiger partial charge on any atom is -0.490 e. The van der Waals surface area contributed by atoms with Gasteiger partial charge in [0.15, 0.2) is 5.82 Å². The van der Waals surface area contributed by atoms with Crippen LogP contribution in [0, 0.1) is 13.8 Å². The van der Waals surface area contributed by atoms with Crippen LogP contribution in [0.2, 0.25) is 0 Å². The van der Waals surface area contributed by atoms with E-state index in [0.717, 1.165) is 46.5 Å². The van der Waals surface area contributed by atoms with Crippen LogP contribution in [-0.4, -0.2) is 28.8 Å². The third-order valence-corrected chi connectivity index (χ3v) is 4.12. The Hall–Kier alpha value is -2.69. The number of anilines is 2. The lowest BCUT2D eigenvalue weighted by molar-refractivity contribution is 0.313. The second kappa shape index (κ2) is 6.43. The second-order valence-electron chi connectivity index (χ2n) is 6.08. The number of fused-ring (bicyclic) bond motifs is 1. The maximum atomic E-state index is 5.81. The van der Waals surface area contributed by atoms with Gasteiger partial charge in [0.1, 0.15) is 24.4 Å². The summed E-state index contributed by atoms with van der Waals surface area (Å²) in [4.78, 5) is 15.7. The summed E-state index contributed by atoms with van der Waals surface area (Å²) in [6.45, 7) is 13.2. The number of nitrogens with zero attached hydrogens (tertiary/aromatic N) is 4. The number of benzene rings is 1. The lowest BCUT2D eigenvalue weighted by Gasteiger charge is -2.31. The quantitative estimate of drug-likeness (QED) is 0.791. The van der Waals surface area contributed by atoms with Gasteiger partial charge in [-0.3, -0.25) is 0 Å². The number of hydrogen-bond acceptors (Lipinski definition) is 5. The molecule has 2 aromatic rings. The number of hydrogen-bond donors (Lipinski definition) is 0. The van der Waals surface area contributed by atoms with Crippen molar-refractivity contribution in [3.8, 4) is 5.75 Å². The maximum Gasteiger partial charge on any atom is 0.162 e. The van der Waals surface area contributed by atoms with E-state index in [-0.39, 0.29) is 0 Å². The molecule has 3 rings (SSSR count). The first kappa shape index (κ1) is 16.2. The molecule has 1 aromatic heterocycles. The minimum absolute atomic E-state index is 0.613. The molecular formula is C19H22N4O. The Morgan fingerprint density at radius 2 is 2.04 bits per heavy atom. The molecule has 0 saturated heterocycles. The van der Waals surface area contributed by atoms with Gasteiger partial charge in [-0.2, -0.15) is 0 Å². The first-order chi connectivity index (χ1) is 11.5. The van der Waals surface area contributed by atoms with E-state index in [9.17, 15) is 0 Å². The monoisotopic (exact) mass is 322 g/mol. The lowest BCUT2D eigenvalue weighted by atomic mass is 10.1. The number of aryl methyl sites for hydroxylation is 2. The standard InChI is InChI=1S/C19H22N4O/c1-12(2)14(4)22-18-15(5)20-11-21-19(18)23-8-9-24-17-10-13(3)6-7-16(17)23/h6-7,10-11H,1,8-9H2,2-5H3/b22-14+. The summed E-state index contributed by atoms with van der Waals surface area (Å²) in [6.07, 6.45) is 1.59. The van der Waals surface area contributed by atoms with Crippen molar-refractivity contribution in [1.82, 2.24) is 9.97 Å². The van der Waals surface area contributed by atoms with Crippen LogP contribution in [0.5, 0.6) is 5.75 Å². The maximum absolute atomic E-state index is 5.81. The molecule has 5 heteroatoms. The highest BCUT2D eigenvalue weighted by molar-refractivity contribution is 5.99. The predicted molar refractivity (Wildman–Crippen MR) is 98.0 cm³/mol. The lowest BCUT2D eigenvalue weighted by Crippen LogP contribution is -2.29. The molecule has 0 saturated carbocycles. The van der Waals surface area contributed by atoms with Crippen molar-refractivity contribution in [1.29, 1.82) is 0 Å². The molecule has 0 N–H and O–H groups in total. The zero-order chi connectivity index (χ0) is 17.3. The van der Waals surface area contributed by atoms with Crippen LogP contribution in [0.4, 0.5) is 17.2 Å². The molecule has 1 aliphatic rings. The molecule has 0 spiro atoms. The van der Waals surface area contributed by atoms with E-state index >= 15 is 0 Å². The molecule has 24 heavy (non-hydrogen) atoms. The average molecular weight is 322 g/mol. The molecule has 0 unspecified atom stereocenters. The number of aliphatic imine (C=N–C) groups is 1. The summed E-state index contributed by atoms with van der Waals surface area (Å²) in [7, 11) is 0. The number of aromatic nitrogens is 2. The van der Waals surface area contributed by atoms with Gasteiger partial charge in [0.25, 0.3) is 0 Å². The van der Waals surface area contributed by atoms with Gasteiger partial charge in [0, 0.05) is 5.71 Å². The van der Waals surface area contributed by atoms with Crippen molar-refractivity contribution in [2.75, 3.05) is 18.1 Å². The number of rotatable bonds is 3. The van der Waals surface area contributed by atoms with Gasteiger partial charge >= 0.3 is 0 Å². The first-order valence-electron chi connectivity index (χ1n) is 8.01. The fourth-order valence-corrected chi connectivity index (χ4v) is 2.59. The highest BCUT2D eigenvalue weighted by Gasteiger charge is 2.24. The van der Waals surface area contributed by atoms with Crippen molar-refractivity contribution in [2.24, 2.45) is 4.99 Å². The van der Waals surface area contributed by atoms with Crippen molar-refractivity contribution < 1.29 is 4.74 Å². The highest BCUT2D eigenvalue weighted by Crippen LogP contribution is 2.40. The van der Waals surface area contributed by atoms with E-state index in [4.69, 9.17) is 9.73 Å². The molecular weight excluding hydrogens is 300 g/mol. The molecule has 0 aliphatic carbocycles. The number of allylic oxidation sites excluding steroid dienone is 1. The molecule has 0 radical (unpaired) electrons.